The number of hydrogen-bond acceptors (Lipinski definition) is 2. The maximum atomic E-state index is 11.4. The van der Waals surface area contributed by atoms with Crippen molar-refractivity contribution in [1.82, 2.24) is 4.90 Å². The van der Waals surface area contributed by atoms with Crippen molar-refractivity contribution in [3.63, 3.8) is 0 Å². The van der Waals surface area contributed by atoms with E-state index in [-0.39, 0.29) is 5.91 Å². The molecule has 0 saturated carbocycles. The van der Waals surface area contributed by atoms with Gasteiger partial charge in [-0.3, -0.25) is 4.79 Å². The van der Waals surface area contributed by atoms with Crippen LogP contribution in [0, 0.1) is 0 Å². The van der Waals surface area contributed by atoms with Gasteiger partial charge in [0.2, 0.25) is 5.91 Å². The maximum Gasteiger partial charge on any atom is 0.219 e. The summed E-state index contributed by atoms with van der Waals surface area (Å²) in [4.78, 5) is 15.8. The minimum absolute atomic E-state index is 0.203. The molecule has 1 amide bonds. The largest absolute Gasteiger partial charge is 0.366 e. The fourth-order valence-corrected chi connectivity index (χ4v) is 2.99. The van der Waals surface area contributed by atoms with Gasteiger partial charge in [-0.1, -0.05) is 18.2 Å². The van der Waals surface area contributed by atoms with E-state index in [1.165, 1.54) is 5.69 Å². The minimum Gasteiger partial charge on any atom is -0.366 e. The van der Waals surface area contributed by atoms with E-state index in [2.05, 4.69) is 49.1 Å². The summed E-state index contributed by atoms with van der Waals surface area (Å²) in [7, 11) is 0. The lowest BCUT2D eigenvalue weighted by molar-refractivity contribution is -0.129. The zero-order chi connectivity index (χ0) is 13.8. The standard InChI is InChI=1S/C16H24N2O/c1-13(2)18(15-7-5-4-6-8-15)16-9-11-17(12-10-16)14(3)19/h4-8,13,16H,9-12H2,1-3H3. The van der Waals surface area contributed by atoms with Crippen LogP contribution >= 0.6 is 0 Å². The molecule has 1 saturated heterocycles. The van der Waals surface area contributed by atoms with Crippen LogP contribution in [0.1, 0.15) is 33.6 Å². The van der Waals surface area contributed by atoms with Gasteiger partial charge >= 0.3 is 0 Å². The summed E-state index contributed by atoms with van der Waals surface area (Å²) in [5, 5.41) is 0. The average molecular weight is 260 g/mol. The summed E-state index contributed by atoms with van der Waals surface area (Å²) in [5.41, 5.74) is 1.29. The van der Waals surface area contributed by atoms with Gasteiger partial charge in [-0.15, -0.1) is 0 Å². The monoisotopic (exact) mass is 260 g/mol. The first-order valence-corrected chi connectivity index (χ1v) is 7.18. The number of carbonyl (C=O) groups is 1. The van der Waals surface area contributed by atoms with E-state index in [1.54, 1.807) is 6.92 Å². The Kier molecular flexibility index (Phi) is 4.46. The zero-order valence-electron chi connectivity index (χ0n) is 12.2. The van der Waals surface area contributed by atoms with Crippen molar-refractivity contribution in [2.75, 3.05) is 18.0 Å². The van der Waals surface area contributed by atoms with Crippen LogP contribution in [-0.2, 0) is 4.79 Å². The molecule has 0 N–H and O–H groups in total. The molecule has 3 nitrogen and oxygen atoms in total. The molecule has 19 heavy (non-hydrogen) atoms. The van der Waals surface area contributed by atoms with Gasteiger partial charge in [-0.05, 0) is 38.8 Å². The molecule has 1 aromatic rings. The van der Waals surface area contributed by atoms with Crippen LogP contribution in [-0.4, -0.2) is 36.0 Å². The van der Waals surface area contributed by atoms with E-state index in [9.17, 15) is 4.79 Å². The average Bonchev–Trinajstić information content (AvgIpc) is 2.40. The molecular weight excluding hydrogens is 236 g/mol. The third-order valence-corrected chi connectivity index (χ3v) is 3.91. The Hall–Kier alpha value is -1.51. The van der Waals surface area contributed by atoms with E-state index in [0.717, 1.165) is 25.9 Å². The van der Waals surface area contributed by atoms with Crippen LogP contribution in [0.2, 0.25) is 0 Å². The molecule has 104 valence electrons. The van der Waals surface area contributed by atoms with Gasteiger partial charge < -0.3 is 9.80 Å². The molecule has 3 heteroatoms. The molecule has 0 aliphatic carbocycles. The Balaban J connectivity index is 2.08. The van der Waals surface area contributed by atoms with Gasteiger partial charge in [0.1, 0.15) is 0 Å². The number of hydrogen-bond donors (Lipinski definition) is 0. The lowest BCUT2D eigenvalue weighted by Crippen LogP contribution is -2.48. The molecule has 1 aliphatic rings. The summed E-state index contributed by atoms with van der Waals surface area (Å²) < 4.78 is 0. The molecule has 0 bridgehead atoms. The Morgan fingerprint density at radius 1 is 1.21 bits per heavy atom. The summed E-state index contributed by atoms with van der Waals surface area (Å²) >= 11 is 0. The molecule has 1 fully saturated rings. The van der Waals surface area contributed by atoms with Crippen LogP contribution in [0.25, 0.3) is 0 Å². The molecular formula is C16H24N2O. The third kappa shape index (κ3) is 3.28. The van der Waals surface area contributed by atoms with Gasteiger partial charge in [0.15, 0.2) is 0 Å². The fraction of sp³-hybridized carbons (Fsp3) is 0.562. The number of amides is 1. The highest BCUT2D eigenvalue weighted by molar-refractivity contribution is 5.73. The molecule has 1 aliphatic heterocycles. The topological polar surface area (TPSA) is 23.6 Å². The number of likely N-dealkylation sites (tertiary alicyclic amines) is 1. The van der Waals surface area contributed by atoms with Crippen molar-refractivity contribution in [3.8, 4) is 0 Å². The van der Waals surface area contributed by atoms with E-state index < -0.39 is 0 Å². The Labute approximate surface area is 116 Å². The highest BCUT2D eigenvalue weighted by Crippen LogP contribution is 2.25. The SMILES string of the molecule is CC(=O)N1CCC(N(c2ccccc2)C(C)C)CC1. The molecule has 0 radical (unpaired) electrons. The summed E-state index contributed by atoms with van der Waals surface area (Å²) in [6, 6.07) is 11.6. The van der Waals surface area contributed by atoms with Crippen molar-refractivity contribution >= 4 is 11.6 Å². The summed E-state index contributed by atoms with van der Waals surface area (Å²) in [6.07, 6.45) is 2.12. The van der Waals surface area contributed by atoms with Gasteiger partial charge in [0.05, 0.1) is 0 Å². The fourth-order valence-electron chi connectivity index (χ4n) is 2.99. The highest BCUT2D eigenvalue weighted by atomic mass is 16.2. The van der Waals surface area contributed by atoms with E-state index in [0.29, 0.717) is 12.1 Å². The van der Waals surface area contributed by atoms with Crippen LogP contribution in [0.4, 0.5) is 5.69 Å². The first-order valence-electron chi connectivity index (χ1n) is 7.18. The van der Waals surface area contributed by atoms with Gasteiger partial charge in [0.25, 0.3) is 0 Å². The normalized spacial score (nSPS) is 16.7. The Morgan fingerprint density at radius 2 is 1.79 bits per heavy atom. The second kappa shape index (κ2) is 6.09. The molecule has 0 spiro atoms. The van der Waals surface area contributed by atoms with Gasteiger partial charge in [0, 0.05) is 37.8 Å². The lowest BCUT2D eigenvalue weighted by Gasteiger charge is -2.42. The third-order valence-electron chi connectivity index (χ3n) is 3.91. The van der Waals surface area contributed by atoms with Crippen molar-refractivity contribution < 1.29 is 4.79 Å². The van der Waals surface area contributed by atoms with Crippen LogP contribution < -0.4 is 4.90 Å². The van der Waals surface area contributed by atoms with Gasteiger partial charge in [-0.2, -0.15) is 0 Å². The maximum absolute atomic E-state index is 11.4. The van der Waals surface area contributed by atoms with E-state index >= 15 is 0 Å². The molecule has 0 unspecified atom stereocenters. The minimum atomic E-state index is 0.203. The van der Waals surface area contributed by atoms with Crippen LogP contribution in [0.3, 0.4) is 0 Å². The number of piperidine rings is 1. The van der Waals surface area contributed by atoms with Crippen molar-refractivity contribution in [2.45, 2.75) is 45.7 Å². The molecule has 1 aromatic carbocycles. The van der Waals surface area contributed by atoms with Gasteiger partial charge in [-0.25, -0.2) is 0 Å². The summed E-state index contributed by atoms with van der Waals surface area (Å²) in [5.74, 6) is 0.203. The molecule has 0 aromatic heterocycles. The smallest absolute Gasteiger partial charge is 0.219 e. The Morgan fingerprint density at radius 3 is 2.26 bits per heavy atom. The number of rotatable bonds is 3. The highest BCUT2D eigenvalue weighted by Gasteiger charge is 2.27. The quantitative estimate of drug-likeness (QED) is 0.834. The number of carbonyl (C=O) groups excluding carboxylic acids is 1. The van der Waals surface area contributed by atoms with Crippen LogP contribution in [0.5, 0.6) is 0 Å². The van der Waals surface area contributed by atoms with Crippen molar-refractivity contribution in [2.24, 2.45) is 0 Å². The second-order valence-electron chi connectivity index (χ2n) is 5.57. The molecule has 0 atom stereocenters. The van der Waals surface area contributed by atoms with E-state index in [1.807, 2.05) is 4.90 Å². The van der Waals surface area contributed by atoms with Crippen molar-refractivity contribution in [1.29, 1.82) is 0 Å². The predicted octanol–water partition coefficient (Wildman–Crippen LogP) is 2.91. The zero-order valence-corrected chi connectivity index (χ0v) is 12.2. The number of benzene rings is 1. The number of para-hydroxylation sites is 1. The van der Waals surface area contributed by atoms with E-state index in [4.69, 9.17) is 0 Å². The predicted molar refractivity (Wildman–Crippen MR) is 79.3 cm³/mol. The first kappa shape index (κ1) is 13.9. The second-order valence-corrected chi connectivity index (χ2v) is 5.57. The summed E-state index contributed by atoms with van der Waals surface area (Å²) in [6.45, 7) is 7.92. The first-order chi connectivity index (χ1) is 9.09. The number of anilines is 1. The molecule has 1 heterocycles. The lowest BCUT2D eigenvalue weighted by atomic mass is 10.0. The molecule has 2 rings (SSSR count). The van der Waals surface area contributed by atoms with Crippen LogP contribution in [0.15, 0.2) is 30.3 Å². The number of nitrogens with zero attached hydrogens (tertiary/aromatic N) is 2. The van der Waals surface area contributed by atoms with Crippen molar-refractivity contribution in [3.05, 3.63) is 30.3 Å². The Bertz CT molecular complexity index is 408.